The zero-order chi connectivity index (χ0) is 12.0. The number of rotatable bonds is 7. The number of carbonyl (C=O) groups excluding carboxylic acids is 1. The fraction of sp³-hybridized carbons (Fsp3) is 0.909. The van der Waals surface area contributed by atoms with Crippen LogP contribution in [0.4, 0.5) is 0 Å². The van der Waals surface area contributed by atoms with Gasteiger partial charge in [0.1, 0.15) is 0 Å². The molecule has 1 rings (SSSR count). The lowest BCUT2D eigenvalue weighted by molar-refractivity contribution is -0.127. The van der Waals surface area contributed by atoms with E-state index in [0.29, 0.717) is 6.42 Å². The van der Waals surface area contributed by atoms with Crippen LogP contribution in [0.25, 0.3) is 0 Å². The highest BCUT2D eigenvalue weighted by molar-refractivity contribution is 7.81. The number of nitrogens with zero attached hydrogens (tertiary/aromatic N) is 2. The summed E-state index contributed by atoms with van der Waals surface area (Å²) in [5.41, 5.74) is 5.45. The SMILES string of the molecule is CN(CCCN)CCCN1CC(S)CC1=O. The molecule has 0 bridgehead atoms. The molecule has 0 radical (unpaired) electrons. The lowest BCUT2D eigenvalue weighted by Gasteiger charge is -2.19. The Kier molecular flexibility index (Phi) is 6.16. The van der Waals surface area contributed by atoms with E-state index in [0.717, 1.165) is 45.6 Å². The summed E-state index contributed by atoms with van der Waals surface area (Å²) in [5, 5.41) is 0.238. The van der Waals surface area contributed by atoms with Crippen molar-refractivity contribution in [3.05, 3.63) is 0 Å². The molecule has 0 saturated carbocycles. The van der Waals surface area contributed by atoms with Gasteiger partial charge in [-0.3, -0.25) is 4.79 Å². The van der Waals surface area contributed by atoms with Crippen molar-refractivity contribution in [2.24, 2.45) is 5.73 Å². The molecule has 0 spiro atoms. The molecular formula is C11H23N3OS. The van der Waals surface area contributed by atoms with E-state index in [4.69, 9.17) is 5.73 Å². The van der Waals surface area contributed by atoms with Gasteiger partial charge in [-0.05, 0) is 39.5 Å². The summed E-state index contributed by atoms with van der Waals surface area (Å²) >= 11 is 4.33. The van der Waals surface area contributed by atoms with Gasteiger partial charge in [0.05, 0.1) is 0 Å². The number of carbonyl (C=O) groups is 1. The summed E-state index contributed by atoms with van der Waals surface area (Å²) in [6, 6.07) is 0. The van der Waals surface area contributed by atoms with Crippen LogP contribution in [0.5, 0.6) is 0 Å². The molecule has 0 aromatic rings. The second-order valence-electron chi connectivity index (χ2n) is 4.50. The number of nitrogens with two attached hydrogens (primary N) is 1. The number of likely N-dealkylation sites (tertiary alicyclic amines) is 1. The van der Waals surface area contributed by atoms with Crippen molar-refractivity contribution in [3.63, 3.8) is 0 Å². The van der Waals surface area contributed by atoms with Crippen LogP contribution in [0.2, 0.25) is 0 Å². The Labute approximate surface area is 104 Å². The smallest absolute Gasteiger partial charge is 0.223 e. The first-order chi connectivity index (χ1) is 7.63. The maximum absolute atomic E-state index is 11.5. The fourth-order valence-electron chi connectivity index (χ4n) is 1.97. The Hall–Kier alpha value is -0.260. The Morgan fingerprint density at radius 1 is 1.50 bits per heavy atom. The molecule has 0 aromatic carbocycles. The first-order valence-electron chi connectivity index (χ1n) is 5.98. The second-order valence-corrected chi connectivity index (χ2v) is 5.23. The van der Waals surface area contributed by atoms with Gasteiger partial charge in [0, 0.05) is 24.8 Å². The molecule has 1 amide bonds. The monoisotopic (exact) mass is 245 g/mol. The first kappa shape index (κ1) is 13.8. The molecule has 4 nitrogen and oxygen atoms in total. The van der Waals surface area contributed by atoms with Crippen molar-refractivity contribution < 1.29 is 4.79 Å². The first-order valence-corrected chi connectivity index (χ1v) is 6.49. The van der Waals surface area contributed by atoms with Crippen molar-refractivity contribution in [1.29, 1.82) is 0 Å². The van der Waals surface area contributed by atoms with Gasteiger partial charge in [0.15, 0.2) is 0 Å². The molecule has 94 valence electrons. The molecule has 1 saturated heterocycles. The van der Waals surface area contributed by atoms with Gasteiger partial charge in [-0.1, -0.05) is 0 Å². The van der Waals surface area contributed by atoms with Crippen LogP contribution in [0.3, 0.4) is 0 Å². The summed E-state index contributed by atoms with van der Waals surface area (Å²) in [6.07, 6.45) is 2.68. The van der Waals surface area contributed by atoms with Crippen LogP contribution in [-0.4, -0.2) is 60.7 Å². The van der Waals surface area contributed by atoms with Gasteiger partial charge in [-0.25, -0.2) is 0 Å². The third kappa shape index (κ3) is 4.72. The maximum atomic E-state index is 11.5. The lowest BCUT2D eigenvalue weighted by atomic mass is 10.3. The van der Waals surface area contributed by atoms with Crippen LogP contribution in [-0.2, 0) is 4.79 Å². The highest BCUT2D eigenvalue weighted by Crippen LogP contribution is 2.15. The standard InChI is InChI=1S/C11H23N3OS/c1-13(5-2-4-12)6-3-7-14-9-10(16)8-11(14)15/h10,16H,2-9,12H2,1H3. The molecule has 0 aliphatic carbocycles. The average Bonchev–Trinajstić information content (AvgIpc) is 2.55. The third-order valence-electron chi connectivity index (χ3n) is 2.91. The molecule has 1 fully saturated rings. The predicted molar refractivity (Wildman–Crippen MR) is 69.8 cm³/mol. The Bertz CT molecular complexity index is 225. The van der Waals surface area contributed by atoms with Crippen molar-refractivity contribution in [3.8, 4) is 0 Å². The Morgan fingerprint density at radius 2 is 2.19 bits per heavy atom. The second kappa shape index (κ2) is 7.14. The van der Waals surface area contributed by atoms with Crippen LogP contribution in [0.1, 0.15) is 19.3 Å². The van der Waals surface area contributed by atoms with Gasteiger partial charge < -0.3 is 15.5 Å². The van der Waals surface area contributed by atoms with Crippen LogP contribution in [0.15, 0.2) is 0 Å². The Morgan fingerprint density at radius 3 is 2.75 bits per heavy atom. The van der Waals surface area contributed by atoms with E-state index >= 15 is 0 Å². The molecule has 1 atom stereocenters. The summed E-state index contributed by atoms with van der Waals surface area (Å²) in [7, 11) is 2.10. The molecule has 1 aliphatic rings. The summed E-state index contributed by atoms with van der Waals surface area (Å²) in [4.78, 5) is 15.7. The quantitative estimate of drug-likeness (QED) is 0.630. The third-order valence-corrected chi connectivity index (χ3v) is 3.25. The molecule has 5 heteroatoms. The van der Waals surface area contributed by atoms with E-state index in [9.17, 15) is 4.79 Å². The van der Waals surface area contributed by atoms with Gasteiger partial charge >= 0.3 is 0 Å². The van der Waals surface area contributed by atoms with Crippen LogP contribution in [0, 0.1) is 0 Å². The summed E-state index contributed by atoms with van der Waals surface area (Å²) in [5.74, 6) is 0.254. The van der Waals surface area contributed by atoms with Gasteiger partial charge in [-0.2, -0.15) is 12.6 Å². The molecule has 1 unspecified atom stereocenters. The summed E-state index contributed by atoms with van der Waals surface area (Å²) in [6.45, 7) is 4.49. The number of amides is 1. The Balaban J connectivity index is 2.08. The topological polar surface area (TPSA) is 49.6 Å². The van der Waals surface area contributed by atoms with E-state index in [1.807, 2.05) is 4.90 Å². The van der Waals surface area contributed by atoms with E-state index < -0.39 is 0 Å². The van der Waals surface area contributed by atoms with Crippen molar-refractivity contribution >= 4 is 18.5 Å². The molecule has 2 N–H and O–H groups in total. The van der Waals surface area contributed by atoms with Crippen LogP contribution < -0.4 is 5.73 Å². The summed E-state index contributed by atoms with van der Waals surface area (Å²) < 4.78 is 0. The lowest BCUT2D eigenvalue weighted by Crippen LogP contribution is -2.30. The van der Waals surface area contributed by atoms with Gasteiger partial charge in [0.25, 0.3) is 0 Å². The van der Waals surface area contributed by atoms with Crippen molar-refractivity contribution in [1.82, 2.24) is 9.80 Å². The molecule has 1 aliphatic heterocycles. The van der Waals surface area contributed by atoms with E-state index in [2.05, 4.69) is 24.6 Å². The number of hydrogen-bond acceptors (Lipinski definition) is 4. The number of thiol groups is 1. The minimum absolute atomic E-state index is 0.238. The van der Waals surface area contributed by atoms with Gasteiger partial charge in [-0.15, -0.1) is 0 Å². The zero-order valence-corrected chi connectivity index (χ0v) is 11.0. The molecule has 1 heterocycles. The molecular weight excluding hydrogens is 222 g/mol. The maximum Gasteiger partial charge on any atom is 0.223 e. The largest absolute Gasteiger partial charge is 0.342 e. The zero-order valence-electron chi connectivity index (χ0n) is 10.1. The van der Waals surface area contributed by atoms with Crippen LogP contribution >= 0.6 is 12.6 Å². The fourth-order valence-corrected chi connectivity index (χ4v) is 2.33. The normalized spacial score (nSPS) is 21.1. The minimum atomic E-state index is 0.238. The highest BCUT2D eigenvalue weighted by atomic mass is 32.1. The van der Waals surface area contributed by atoms with E-state index in [1.165, 1.54) is 0 Å². The minimum Gasteiger partial charge on any atom is -0.342 e. The predicted octanol–water partition coefficient (Wildman–Crippen LogP) is 0.188. The van der Waals surface area contributed by atoms with Crippen molar-refractivity contribution in [2.75, 3.05) is 39.8 Å². The van der Waals surface area contributed by atoms with E-state index in [-0.39, 0.29) is 11.2 Å². The highest BCUT2D eigenvalue weighted by Gasteiger charge is 2.26. The van der Waals surface area contributed by atoms with E-state index in [1.54, 1.807) is 0 Å². The molecule has 0 aromatic heterocycles. The van der Waals surface area contributed by atoms with Crippen molar-refractivity contribution in [2.45, 2.75) is 24.5 Å². The average molecular weight is 245 g/mol. The number of hydrogen-bond donors (Lipinski definition) is 2. The van der Waals surface area contributed by atoms with Gasteiger partial charge in [0.2, 0.25) is 5.91 Å². The molecule has 16 heavy (non-hydrogen) atoms.